The van der Waals surface area contributed by atoms with Crippen LogP contribution in [0.1, 0.15) is 41.4 Å². The Balaban J connectivity index is 1.54. The molecule has 0 saturated carbocycles. The van der Waals surface area contributed by atoms with E-state index in [0.717, 1.165) is 29.5 Å². The number of carbonyl (C=O) groups excluding carboxylic acids is 2. The fraction of sp³-hybridized carbons (Fsp3) is 0.280. The number of hydrogen-bond acceptors (Lipinski definition) is 8. The SMILES string of the molecule is CC[C@@H]1CC(C=O)N(Cc2ccc(NC(=O)c3ccno3)cc2)N=C1c1ccc(S(C)(=O)=O)cc1. The predicted octanol–water partition coefficient (Wildman–Crippen LogP) is 3.53. The van der Waals surface area contributed by atoms with Crippen molar-refractivity contribution < 1.29 is 22.5 Å². The molecule has 1 unspecified atom stereocenters. The molecule has 0 saturated heterocycles. The summed E-state index contributed by atoms with van der Waals surface area (Å²) in [6.45, 7) is 2.45. The van der Waals surface area contributed by atoms with Crippen LogP contribution in [0.3, 0.4) is 0 Å². The molecular formula is C25H26N4O5S. The fourth-order valence-corrected chi connectivity index (χ4v) is 4.66. The van der Waals surface area contributed by atoms with Crippen LogP contribution in [0.4, 0.5) is 5.69 Å². The smallest absolute Gasteiger partial charge is 0.294 e. The minimum atomic E-state index is -3.29. The quantitative estimate of drug-likeness (QED) is 0.475. The van der Waals surface area contributed by atoms with E-state index in [-0.39, 0.29) is 22.6 Å². The molecule has 35 heavy (non-hydrogen) atoms. The van der Waals surface area contributed by atoms with Crippen molar-refractivity contribution in [3.05, 3.63) is 77.7 Å². The molecule has 2 aromatic carbocycles. The molecule has 0 radical (unpaired) electrons. The highest BCUT2D eigenvalue weighted by atomic mass is 32.2. The van der Waals surface area contributed by atoms with E-state index in [1.807, 2.05) is 19.1 Å². The van der Waals surface area contributed by atoms with Crippen molar-refractivity contribution in [2.45, 2.75) is 37.2 Å². The van der Waals surface area contributed by atoms with E-state index in [1.54, 1.807) is 41.4 Å². The molecule has 1 N–H and O–H groups in total. The number of aromatic nitrogens is 1. The van der Waals surface area contributed by atoms with Gasteiger partial charge in [-0.05, 0) is 48.2 Å². The Hall–Kier alpha value is -3.79. The Morgan fingerprint density at radius 1 is 1.14 bits per heavy atom. The van der Waals surface area contributed by atoms with Gasteiger partial charge in [0.1, 0.15) is 12.3 Å². The van der Waals surface area contributed by atoms with Crippen LogP contribution in [0, 0.1) is 5.92 Å². The van der Waals surface area contributed by atoms with Crippen LogP contribution in [0.15, 0.2) is 75.3 Å². The molecule has 1 aromatic heterocycles. The first-order valence-electron chi connectivity index (χ1n) is 11.2. The number of nitrogens with zero attached hydrogens (tertiary/aromatic N) is 3. The standard InChI is InChI=1S/C25H26N4O5S/c1-3-18-14-21(16-30)29(28-24(18)19-6-10-22(11-7-19)35(2,32)33)15-17-4-8-20(9-5-17)27-25(31)23-12-13-26-34-23/h4-13,16,18,21H,3,14-15H2,1-2H3,(H,27,31)/t18-,21?/m1/s1. The summed E-state index contributed by atoms with van der Waals surface area (Å²) < 4.78 is 28.5. The van der Waals surface area contributed by atoms with Gasteiger partial charge in [0.05, 0.1) is 23.3 Å². The van der Waals surface area contributed by atoms with Crippen LogP contribution in [0.2, 0.25) is 0 Å². The highest BCUT2D eigenvalue weighted by Gasteiger charge is 2.30. The second kappa shape index (κ2) is 10.2. The van der Waals surface area contributed by atoms with E-state index in [2.05, 4.69) is 10.5 Å². The topological polar surface area (TPSA) is 122 Å². The van der Waals surface area contributed by atoms with Crippen molar-refractivity contribution in [3.63, 3.8) is 0 Å². The van der Waals surface area contributed by atoms with Crippen LogP contribution in [-0.2, 0) is 21.2 Å². The van der Waals surface area contributed by atoms with Crippen molar-refractivity contribution in [1.82, 2.24) is 10.2 Å². The van der Waals surface area contributed by atoms with Crippen molar-refractivity contribution >= 4 is 33.4 Å². The largest absolute Gasteiger partial charge is 0.351 e. The maximum atomic E-state index is 12.1. The zero-order chi connectivity index (χ0) is 25.0. The summed E-state index contributed by atoms with van der Waals surface area (Å²) in [6, 6.07) is 15.1. The van der Waals surface area contributed by atoms with Crippen LogP contribution in [-0.4, -0.2) is 48.8 Å². The van der Waals surface area contributed by atoms with Gasteiger partial charge in [-0.15, -0.1) is 0 Å². The molecule has 9 nitrogen and oxygen atoms in total. The number of aldehydes is 1. The molecule has 10 heteroatoms. The van der Waals surface area contributed by atoms with E-state index in [0.29, 0.717) is 18.7 Å². The Kier molecular flexibility index (Phi) is 7.11. The number of carbonyl (C=O) groups is 2. The number of anilines is 1. The van der Waals surface area contributed by atoms with E-state index in [1.165, 1.54) is 18.5 Å². The molecular weight excluding hydrogens is 468 g/mol. The number of hydrogen-bond donors (Lipinski definition) is 1. The van der Waals surface area contributed by atoms with Gasteiger partial charge in [0.25, 0.3) is 5.91 Å². The van der Waals surface area contributed by atoms with E-state index in [4.69, 9.17) is 9.62 Å². The first-order valence-corrected chi connectivity index (χ1v) is 13.1. The van der Waals surface area contributed by atoms with Gasteiger partial charge in [-0.25, -0.2) is 8.42 Å². The highest BCUT2D eigenvalue weighted by Crippen LogP contribution is 2.28. The molecule has 4 rings (SSSR count). The molecule has 0 aliphatic carbocycles. The zero-order valence-corrected chi connectivity index (χ0v) is 20.2. The molecule has 0 spiro atoms. The molecule has 2 heterocycles. The molecule has 0 fully saturated rings. The number of hydrazone groups is 1. The van der Waals surface area contributed by atoms with Crippen LogP contribution < -0.4 is 5.32 Å². The molecule has 182 valence electrons. The Bertz CT molecular complexity index is 1320. The van der Waals surface area contributed by atoms with Gasteiger partial charge in [-0.1, -0.05) is 36.3 Å². The van der Waals surface area contributed by atoms with Gasteiger partial charge >= 0.3 is 0 Å². The second-order valence-electron chi connectivity index (χ2n) is 8.45. The molecule has 1 aliphatic heterocycles. The van der Waals surface area contributed by atoms with E-state index in [9.17, 15) is 18.0 Å². The molecule has 2 atom stereocenters. The summed E-state index contributed by atoms with van der Waals surface area (Å²) in [7, 11) is -3.29. The third-order valence-corrected chi connectivity index (χ3v) is 7.11. The van der Waals surface area contributed by atoms with Crippen LogP contribution >= 0.6 is 0 Å². The Morgan fingerprint density at radius 2 is 1.86 bits per heavy atom. The lowest BCUT2D eigenvalue weighted by atomic mass is 9.87. The predicted molar refractivity (Wildman–Crippen MR) is 131 cm³/mol. The summed E-state index contributed by atoms with van der Waals surface area (Å²) >= 11 is 0. The van der Waals surface area contributed by atoms with Gasteiger partial charge in [0.2, 0.25) is 5.76 Å². The van der Waals surface area contributed by atoms with Gasteiger partial charge < -0.3 is 14.6 Å². The van der Waals surface area contributed by atoms with E-state index >= 15 is 0 Å². The Labute approximate surface area is 203 Å². The fourth-order valence-electron chi connectivity index (χ4n) is 4.03. The summed E-state index contributed by atoms with van der Waals surface area (Å²) in [5.74, 6) is -0.193. The molecule has 1 amide bonds. The number of rotatable bonds is 8. The summed E-state index contributed by atoms with van der Waals surface area (Å²) in [5, 5.41) is 12.9. The first kappa shape index (κ1) is 24.3. The van der Waals surface area contributed by atoms with Crippen LogP contribution in [0.25, 0.3) is 0 Å². The number of benzene rings is 2. The maximum absolute atomic E-state index is 12.1. The molecule has 0 bridgehead atoms. The normalized spacial score (nSPS) is 18.1. The van der Waals surface area contributed by atoms with Crippen molar-refractivity contribution in [2.24, 2.45) is 11.0 Å². The summed E-state index contributed by atoms with van der Waals surface area (Å²) in [6.07, 6.45) is 4.93. The van der Waals surface area contributed by atoms with Crippen molar-refractivity contribution in [3.8, 4) is 0 Å². The average Bonchev–Trinajstić information content (AvgIpc) is 3.40. The van der Waals surface area contributed by atoms with Gasteiger partial charge in [-0.2, -0.15) is 5.10 Å². The second-order valence-corrected chi connectivity index (χ2v) is 10.5. The average molecular weight is 495 g/mol. The first-order chi connectivity index (χ1) is 16.8. The summed E-state index contributed by atoms with van der Waals surface area (Å²) in [4.78, 5) is 24.2. The third kappa shape index (κ3) is 5.65. The lowest BCUT2D eigenvalue weighted by molar-refractivity contribution is -0.113. The highest BCUT2D eigenvalue weighted by molar-refractivity contribution is 7.90. The van der Waals surface area contributed by atoms with Gasteiger partial charge in [-0.3, -0.25) is 9.80 Å². The van der Waals surface area contributed by atoms with Gasteiger partial charge in [0, 0.05) is 23.9 Å². The third-order valence-electron chi connectivity index (χ3n) is 5.98. The van der Waals surface area contributed by atoms with Crippen molar-refractivity contribution in [2.75, 3.05) is 11.6 Å². The minimum absolute atomic E-state index is 0.0826. The zero-order valence-electron chi connectivity index (χ0n) is 19.4. The van der Waals surface area contributed by atoms with Crippen LogP contribution in [0.5, 0.6) is 0 Å². The van der Waals surface area contributed by atoms with Gasteiger partial charge in [0.15, 0.2) is 9.84 Å². The lowest BCUT2D eigenvalue weighted by Gasteiger charge is -2.35. The Morgan fingerprint density at radius 3 is 2.43 bits per heavy atom. The number of amides is 1. The number of sulfone groups is 1. The lowest BCUT2D eigenvalue weighted by Crippen LogP contribution is -2.41. The number of nitrogens with one attached hydrogen (secondary N) is 1. The molecule has 1 aliphatic rings. The van der Waals surface area contributed by atoms with E-state index < -0.39 is 15.7 Å². The van der Waals surface area contributed by atoms with Crippen molar-refractivity contribution in [1.29, 1.82) is 0 Å². The molecule has 3 aromatic rings. The monoisotopic (exact) mass is 494 g/mol. The maximum Gasteiger partial charge on any atom is 0.294 e. The minimum Gasteiger partial charge on any atom is -0.351 e. The summed E-state index contributed by atoms with van der Waals surface area (Å²) in [5.41, 5.74) is 3.19.